The highest BCUT2D eigenvalue weighted by atomic mass is 19.4. The van der Waals surface area contributed by atoms with E-state index in [-0.39, 0.29) is 29.0 Å². The molecule has 2 aromatic heterocycles. The molecule has 0 bridgehead atoms. The number of ether oxygens (including phenoxy) is 2. The van der Waals surface area contributed by atoms with Crippen LogP contribution in [-0.4, -0.2) is 53.4 Å². The lowest BCUT2D eigenvalue weighted by Gasteiger charge is -2.36. The monoisotopic (exact) mass is 517 g/mol. The first-order chi connectivity index (χ1) is 17.8. The van der Waals surface area contributed by atoms with Crippen LogP contribution in [-0.2, 0) is 11.2 Å². The molecular weight excluding hydrogens is 490 g/mol. The van der Waals surface area contributed by atoms with Crippen LogP contribution in [0.1, 0.15) is 64.7 Å². The summed E-state index contributed by atoms with van der Waals surface area (Å²) in [5.41, 5.74) is 4.07. The maximum Gasteiger partial charge on any atom is 0.573 e. The van der Waals surface area contributed by atoms with Gasteiger partial charge in [-0.05, 0) is 79.7 Å². The average Bonchev–Trinajstić information content (AvgIpc) is 3.27. The van der Waals surface area contributed by atoms with Crippen molar-refractivity contribution in [2.24, 2.45) is 5.92 Å². The maximum absolute atomic E-state index is 15.4. The molecule has 10 heteroatoms. The molecule has 2 aliphatic heterocycles. The van der Waals surface area contributed by atoms with Crippen LogP contribution in [0.5, 0.6) is 5.75 Å². The Morgan fingerprint density at radius 2 is 1.84 bits per heavy atom. The fourth-order valence-corrected chi connectivity index (χ4v) is 6.38. The Bertz CT molecular complexity index is 1310. The summed E-state index contributed by atoms with van der Waals surface area (Å²) in [7, 11) is 0. The number of carbonyl (C=O) groups excluding carboxylic acids is 1. The Hall–Kier alpha value is -3.14. The summed E-state index contributed by atoms with van der Waals surface area (Å²) in [5, 5.41) is 0.914. The summed E-state index contributed by atoms with van der Waals surface area (Å²) in [4.78, 5) is 22.5. The van der Waals surface area contributed by atoms with Gasteiger partial charge in [0.25, 0.3) is 5.91 Å². The van der Waals surface area contributed by atoms with Gasteiger partial charge in [0.2, 0.25) is 0 Å². The SMILES string of the molecule is O=C(c1ccc(OC(F)(F)F)cc1)N1CCC(c2c(F)cnc3[nH]c4c(c23)[C@H]2CCOC[C@H]2CC4)CC1. The number of H-pyrrole nitrogens is 1. The second kappa shape index (κ2) is 9.31. The fraction of sp³-hybridized carbons (Fsp3) is 0.481. The van der Waals surface area contributed by atoms with Crippen molar-refractivity contribution in [1.82, 2.24) is 14.9 Å². The van der Waals surface area contributed by atoms with E-state index in [1.807, 2.05) is 0 Å². The molecule has 3 aromatic rings. The number of carbonyl (C=O) groups is 1. The molecule has 37 heavy (non-hydrogen) atoms. The number of aromatic nitrogens is 2. The summed E-state index contributed by atoms with van der Waals surface area (Å²) >= 11 is 0. The predicted octanol–water partition coefficient (Wildman–Crippen LogP) is 5.69. The van der Waals surface area contributed by atoms with Crippen molar-refractivity contribution in [3.8, 4) is 5.75 Å². The minimum absolute atomic E-state index is 0.0581. The number of rotatable bonds is 3. The van der Waals surface area contributed by atoms with E-state index in [1.165, 1.54) is 23.9 Å². The van der Waals surface area contributed by atoms with Crippen molar-refractivity contribution in [3.05, 3.63) is 58.7 Å². The molecule has 1 aliphatic carbocycles. The summed E-state index contributed by atoms with van der Waals surface area (Å²) in [6.07, 6.45) is 0.556. The molecule has 0 spiro atoms. The number of nitrogens with zero attached hydrogens (tertiary/aromatic N) is 2. The lowest BCUT2D eigenvalue weighted by atomic mass is 9.73. The number of alkyl halides is 3. The molecule has 2 fully saturated rings. The van der Waals surface area contributed by atoms with Gasteiger partial charge in [0, 0.05) is 48.5 Å². The molecule has 3 aliphatic rings. The third-order valence-electron chi connectivity index (χ3n) is 8.07. The van der Waals surface area contributed by atoms with Crippen LogP contribution in [0.25, 0.3) is 11.0 Å². The molecule has 4 heterocycles. The second-order valence-corrected chi connectivity index (χ2v) is 10.2. The number of aromatic amines is 1. The predicted molar refractivity (Wildman–Crippen MR) is 127 cm³/mol. The molecule has 1 N–H and O–H groups in total. The summed E-state index contributed by atoms with van der Waals surface area (Å²) in [6.45, 7) is 2.30. The van der Waals surface area contributed by atoms with Gasteiger partial charge in [-0.1, -0.05) is 0 Å². The Labute approximate surface area is 211 Å². The number of hydrogen-bond donors (Lipinski definition) is 1. The Morgan fingerprint density at radius 1 is 1.08 bits per heavy atom. The van der Waals surface area contributed by atoms with Gasteiger partial charge >= 0.3 is 6.36 Å². The van der Waals surface area contributed by atoms with E-state index in [4.69, 9.17) is 4.74 Å². The van der Waals surface area contributed by atoms with E-state index in [2.05, 4.69) is 14.7 Å². The van der Waals surface area contributed by atoms with Crippen molar-refractivity contribution >= 4 is 16.9 Å². The molecule has 2 saturated heterocycles. The van der Waals surface area contributed by atoms with Gasteiger partial charge in [0.15, 0.2) is 0 Å². The van der Waals surface area contributed by atoms with Gasteiger partial charge in [-0.2, -0.15) is 0 Å². The van der Waals surface area contributed by atoms with Gasteiger partial charge in [0.1, 0.15) is 17.2 Å². The standard InChI is InChI=1S/C27H27F4N3O3/c28-20-13-32-25-24(23-19-9-12-36-14-17(19)3-6-21(23)33-25)22(20)15-7-10-34(11-8-15)26(35)16-1-4-18(5-2-16)37-27(29,30)31/h1-2,4-5,13,15,17,19H,3,6-12,14H2,(H,32,33)/t17-,19+/m1/s1. The van der Waals surface area contributed by atoms with E-state index in [0.717, 1.165) is 54.7 Å². The number of amides is 1. The molecule has 0 saturated carbocycles. The van der Waals surface area contributed by atoms with E-state index in [0.29, 0.717) is 49.9 Å². The number of nitrogens with one attached hydrogen (secondary N) is 1. The largest absolute Gasteiger partial charge is 0.573 e. The molecule has 2 atom stereocenters. The van der Waals surface area contributed by atoms with Gasteiger partial charge in [0.05, 0.1) is 6.20 Å². The summed E-state index contributed by atoms with van der Waals surface area (Å²) in [5.74, 6) is -0.239. The zero-order chi connectivity index (χ0) is 25.7. The zero-order valence-electron chi connectivity index (χ0n) is 20.1. The number of fused-ring (bicyclic) bond motifs is 5. The lowest BCUT2D eigenvalue weighted by molar-refractivity contribution is -0.274. The average molecular weight is 518 g/mol. The summed E-state index contributed by atoms with van der Waals surface area (Å²) < 4.78 is 62.2. The highest BCUT2D eigenvalue weighted by Gasteiger charge is 2.38. The number of pyridine rings is 1. The Morgan fingerprint density at radius 3 is 2.57 bits per heavy atom. The molecule has 196 valence electrons. The van der Waals surface area contributed by atoms with Crippen molar-refractivity contribution in [2.75, 3.05) is 26.3 Å². The van der Waals surface area contributed by atoms with Crippen molar-refractivity contribution in [2.45, 2.75) is 50.3 Å². The van der Waals surface area contributed by atoms with Gasteiger partial charge in [-0.25, -0.2) is 9.37 Å². The van der Waals surface area contributed by atoms with Crippen LogP contribution in [0.2, 0.25) is 0 Å². The van der Waals surface area contributed by atoms with E-state index >= 15 is 4.39 Å². The van der Waals surface area contributed by atoms with Gasteiger partial charge in [-0.15, -0.1) is 13.2 Å². The molecule has 0 radical (unpaired) electrons. The molecule has 1 aromatic carbocycles. The van der Waals surface area contributed by atoms with Gasteiger partial charge < -0.3 is 19.4 Å². The van der Waals surface area contributed by atoms with Gasteiger partial charge in [-0.3, -0.25) is 4.79 Å². The number of aryl methyl sites for hydroxylation is 1. The van der Waals surface area contributed by atoms with Crippen molar-refractivity contribution < 1.29 is 31.8 Å². The minimum Gasteiger partial charge on any atom is -0.406 e. The first-order valence-electron chi connectivity index (χ1n) is 12.7. The summed E-state index contributed by atoms with van der Waals surface area (Å²) in [6, 6.07) is 4.93. The van der Waals surface area contributed by atoms with E-state index in [1.54, 1.807) is 4.90 Å². The van der Waals surface area contributed by atoms with E-state index < -0.39 is 6.36 Å². The Kier molecular flexibility index (Phi) is 6.09. The quantitative estimate of drug-likeness (QED) is 0.454. The fourth-order valence-electron chi connectivity index (χ4n) is 6.38. The molecule has 6 rings (SSSR count). The first-order valence-corrected chi connectivity index (χ1v) is 12.7. The minimum atomic E-state index is -4.79. The molecule has 0 unspecified atom stereocenters. The van der Waals surface area contributed by atoms with E-state index in [9.17, 15) is 18.0 Å². The highest BCUT2D eigenvalue weighted by Crippen LogP contribution is 2.47. The smallest absolute Gasteiger partial charge is 0.406 e. The molecule has 6 nitrogen and oxygen atoms in total. The normalized spacial score (nSPS) is 22.5. The highest BCUT2D eigenvalue weighted by molar-refractivity contribution is 5.94. The second-order valence-electron chi connectivity index (χ2n) is 10.2. The number of benzene rings is 1. The molecule has 1 amide bonds. The number of piperidine rings is 1. The number of hydrogen-bond acceptors (Lipinski definition) is 4. The lowest BCUT2D eigenvalue weighted by Crippen LogP contribution is -2.38. The van der Waals surface area contributed by atoms with Crippen molar-refractivity contribution in [1.29, 1.82) is 0 Å². The first kappa shape index (κ1) is 24.2. The third kappa shape index (κ3) is 4.56. The number of halogens is 4. The van der Waals surface area contributed by atoms with Crippen LogP contribution in [0.15, 0.2) is 30.5 Å². The van der Waals surface area contributed by atoms with Crippen LogP contribution < -0.4 is 4.74 Å². The maximum atomic E-state index is 15.4. The topological polar surface area (TPSA) is 67.5 Å². The van der Waals surface area contributed by atoms with Crippen LogP contribution in [0, 0.1) is 11.7 Å². The zero-order valence-corrected chi connectivity index (χ0v) is 20.1. The van der Waals surface area contributed by atoms with Crippen LogP contribution >= 0.6 is 0 Å². The third-order valence-corrected chi connectivity index (χ3v) is 8.07. The van der Waals surface area contributed by atoms with Crippen LogP contribution in [0.4, 0.5) is 17.6 Å². The number of likely N-dealkylation sites (tertiary alicyclic amines) is 1. The van der Waals surface area contributed by atoms with Crippen molar-refractivity contribution in [3.63, 3.8) is 0 Å². The van der Waals surface area contributed by atoms with Crippen LogP contribution in [0.3, 0.4) is 0 Å². The Balaban J connectivity index is 1.22. The molecular formula is C27H27F4N3O3.